The molecule has 0 bridgehead atoms. The molecular formula is C23H30N2O6S2. The number of hydrogen-bond acceptors (Lipinski definition) is 6. The van der Waals surface area contributed by atoms with Crippen LogP contribution in [-0.4, -0.2) is 58.3 Å². The number of anilines is 1. The number of carbonyl (C=O) groups excluding carboxylic acids is 1. The minimum Gasteiger partial charge on any atom is -0.494 e. The number of ether oxygens (including phenoxy) is 1. The van der Waals surface area contributed by atoms with Gasteiger partial charge in [-0.3, -0.25) is 9.52 Å². The molecule has 1 heterocycles. The van der Waals surface area contributed by atoms with Gasteiger partial charge >= 0.3 is 0 Å². The highest BCUT2D eigenvalue weighted by molar-refractivity contribution is 7.92. The lowest BCUT2D eigenvalue weighted by molar-refractivity contribution is 0.0694. The molecule has 1 fully saturated rings. The monoisotopic (exact) mass is 494 g/mol. The molecule has 0 saturated carbocycles. The van der Waals surface area contributed by atoms with Crippen LogP contribution in [0.3, 0.4) is 0 Å². The van der Waals surface area contributed by atoms with Gasteiger partial charge in [0.2, 0.25) is 0 Å². The lowest BCUT2D eigenvalue weighted by Gasteiger charge is -2.28. The summed E-state index contributed by atoms with van der Waals surface area (Å²) in [6.45, 7) is 4.85. The maximum Gasteiger partial charge on any atom is 0.261 e. The van der Waals surface area contributed by atoms with E-state index < -0.39 is 19.9 Å². The van der Waals surface area contributed by atoms with E-state index in [0.717, 1.165) is 12.8 Å². The maximum atomic E-state index is 13.1. The van der Waals surface area contributed by atoms with Gasteiger partial charge in [0.1, 0.15) is 5.75 Å². The highest BCUT2D eigenvalue weighted by Gasteiger charge is 2.34. The molecule has 1 amide bonds. The number of carbonyl (C=O) groups is 1. The largest absolute Gasteiger partial charge is 0.494 e. The average Bonchev–Trinajstić information content (AvgIpc) is 3.14. The molecule has 1 saturated heterocycles. The minimum atomic E-state index is -3.84. The van der Waals surface area contributed by atoms with Crippen molar-refractivity contribution in [3.8, 4) is 5.75 Å². The maximum absolute atomic E-state index is 13.1. The fraction of sp³-hybridized carbons (Fsp3) is 0.435. The molecule has 2 aromatic rings. The topological polar surface area (TPSA) is 110 Å². The van der Waals surface area contributed by atoms with Gasteiger partial charge in [0.25, 0.3) is 15.9 Å². The van der Waals surface area contributed by atoms with Gasteiger partial charge < -0.3 is 9.64 Å². The number of benzene rings is 2. The van der Waals surface area contributed by atoms with Gasteiger partial charge in [-0.05, 0) is 68.3 Å². The van der Waals surface area contributed by atoms with Crippen LogP contribution in [0, 0.1) is 0 Å². The Kier molecular flexibility index (Phi) is 8.01. The summed E-state index contributed by atoms with van der Waals surface area (Å²) in [5.74, 6) is 0.420. The first kappa shape index (κ1) is 25.0. The zero-order chi connectivity index (χ0) is 24.1. The summed E-state index contributed by atoms with van der Waals surface area (Å²) >= 11 is 0. The summed E-state index contributed by atoms with van der Waals surface area (Å²) < 4.78 is 57.2. The second-order valence-corrected chi connectivity index (χ2v) is 11.9. The van der Waals surface area contributed by atoms with Crippen molar-refractivity contribution in [2.75, 3.05) is 29.4 Å². The van der Waals surface area contributed by atoms with Crippen LogP contribution in [0.2, 0.25) is 0 Å². The van der Waals surface area contributed by atoms with Crippen molar-refractivity contribution in [2.45, 2.75) is 44.0 Å². The number of sulfone groups is 1. The zero-order valence-corrected chi connectivity index (χ0v) is 20.5. The quantitative estimate of drug-likeness (QED) is 0.543. The van der Waals surface area contributed by atoms with Crippen molar-refractivity contribution in [1.29, 1.82) is 0 Å². The van der Waals surface area contributed by atoms with E-state index in [9.17, 15) is 21.6 Å². The third kappa shape index (κ3) is 6.48. The summed E-state index contributed by atoms with van der Waals surface area (Å²) in [5, 5.41) is 0. The molecule has 0 aromatic heterocycles. The second-order valence-electron chi connectivity index (χ2n) is 8.00. The Morgan fingerprint density at radius 3 is 2.30 bits per heavy atom. The van der Waals surface area contributed by atoms with E-state index in [-0.39, 0.29) is 28.4 Å². The summed E-state index contributed by atoms with van der Waals surface area (Å²) in [5.41, 5.74) is 0.724. The Bertz CT molecular complexity index is 1160. The number of nitrogens with zero attached hydrogens (tertiary/aromatic N) is 1. The van der Waals surface area contributed by atoms with E-state index in [1.54, 1.807) is 29.2 Å². The molecule has 0 aliphatic carbocycles. The first-order valence-corrected chi connectivity index (χ1v) is 14.3. The molecule has 180 valence electrons. The minimum absolute atomic E-state index is 0.0245. The molecule has 0 spiro atoms. The van der Waals surface area contributed by atoms with Gasteiger partial charge in [-0.2, -0.15) is 0 Å². The molecule has 1 N–H and O–H groups in total. The number of unbranched alkanes of at least 4 members (excludes halogenated alkanes) is 1. The van der Waals surface area contributed by atoms with Gasteiger partial charge in [-0.1, -0.05) is 13.3 Å². The predicted molar refractivity (Wildman–Crippen MR) is 128 cm³/mol. The fourth-order valence-electron chi connectivity index (χ4n) is 3.74. The third-order valence-corrected chi connectivity index (χ3v) is 8.64. The Labute approximate surface area is 195 Å². The van der Waals surface area contributed by atoms with Gasteiger partial charge in [0.05, 0.1) is 23.0 Å². The summed E-state index contributed by atoms with van der Waals surface area (Å²) in [7, 11) is -6.97. The molecule has 2 aromatic carbocycles. The van der Waals surface area contributed by atoms with Crippen LogP contribution in [-0.2, 0) is 19.9 Å². The van der Waals surface area contributed by atoms with Crippen LogP contribution in [0.1, 0.15) is 43.5 Å². The van der Waals surface area contributed by atoms with E-state index in [4.69, 9.17) is 4.74 Å². The van der Waals surface area contributed by atoms with Crippen molar-refractivity contribution in [3.05, 3.63) is 54.1 Å². The molecule has 1 aliphatic heterocycles. The smallest absolute Gasteiger partial charge is 0.261 e. The standard InChI is InChI=1S/C23H30N2O6S2/c1-3-5-15-25(20-14-16-32(27,28)17-20)23(26)18-6-12-22(13-7-18)33(29,30)24-19-8-10-21(11-9-19)31-4-2/h6-13,20,24H,3-5,14-17H2,1-2H3. The van der Waals surface area contributed by atoms with Crippen molar-refractivity contribution >= 4 is 31.5 Å². The Hall–Kier alpha value is -2.59. The summed E-state index contributed by atoms with van der Waals surface area (Å²) in [6, 6.07) is 11.9. The zero-order valence-electron chi connectivity index (χ0n) is 18.9. The molecule has 3 rings (SSSR count). The summed E-state index contributed by atoms with van der Waals surface area (Å²) in [4.78, 5) is 14.8. The SMILES string of the molecule is CCCCN(C(=O)c1ccc(S(=O)(=O)Nc2ccc(OCC)cc2)cc1)C1CCS(=O)(=O)C1. The van der Waals surface area contributed by atoms with E-state index in [2.05, 4.69) is 4.72 Å². The second kappa shape index (κ2) is 10.6. The van der Waals surface area contributed by atoms with Crippen molar-refractivity contribution in [1.82, 2.24) is 4.90 Å². The van der Waals surface area contributed by atoms with Gasteiger partial charge in [0, 0.05) is 23.8 Å². The van der Waals surface area contributed by atoms with Gasteiger partial charge in [-0.15, -0.1) is 0 Å². The number of sulfonamides is 1. The lowest BCUT2D eigenvalue weighted by Crippen LogP contribution is -2.41. The van der Waals surface area contributed by atoms with Gasteiger partial charge in [-0.25, -0.2) is 16.8 Å². The average molecular weight is 495 g/mol. The van der Waals surface area contributed by atoms with Gasteiger partial charge in [0.15, 0.2) is 9.84 Å². The first-order chi connectivity index (χ1) is 15.6. The van der Waals surface area contributed by atoms with Crippen LogP contribution in [0.25, 0.3) is 0 Å². The molecule has 10 heteroatoms. The van der Waals surface area contributed by atoms with Crippen LogP contribution >= 0.6 is 0 Å². The van der Waals surface area contributed by atoms with Crippen molar-refractivity contribution in [2.24, 2.45) is 0 Å². The molecule has 1 aliphatic rings. The molecule has 1 unspecified atom stereocenters. The number of amides is 1. The van der Waals surface area contributed by atoms with E-state index in [1.807, 2.05) is 13.8 Å². The number of hydrogen-bond donors (Lipinski definition) is 1. The van der Waals surface area contributed by atoms with E-state index in [0.29, 0.717) is 36.6 Å². The Morgan fingerprint density at radius 2 is 1.76 bits per heavy atom. The van der Waals surface area contributed by atoms with Crippen LogP contribution < -0.4 is 9.46 Å². The summed E-state index contributed by atoms with van der Waals surface area (Å²) in [6.07, 6.45) is 2.06. The highest BCUT2D eigenvalue weighted by atomic mass is 32.2. The first-order valence-electron chi connectivity index (χ1n) is 11.0. The number of rotatable bonds is 10. The van der Waals surface area contributed by atoms with Crippen molar-refractivity contribution in [3.63, 3.8) is 0 Å². The Balaban J connectivity index is 1.74. The van der Waals surface area contributed by atoms with E-state index in [1.165, 1.54) is 24.3 Å². The molecule has 1 atom stereocenters. The molecule has 8 nitrogen and oxygen atoms in total. The highest BCUT2D eigenvalue weighted by Crippen LogP contribution is 2.23. The Morgan fingerprint density at radius 1 is 1.09 bits per heavy atom. The molecule has 33 heavy (non-hydrogen) atoms. The third-order valence-electron chi connectivity index (χ3n) is 5.49. The predicted octanol–water partition coefficient (Wildman–Crippen LogP) is 3.32. The lowest BCUT2D eigenvalue weighted by atomic mass is 10.1. The normalized spacial score (nSPS) is 17.5. The van der Waals surface area contributed by atoms with E-state index >= 15 is 0 Å². The molecule has 0 radical (unpaired) electrons. The number of nitrogens with one attached hydrogen (secondary N) is 1. The van der Waals surface area contributed by atoms with Crippen molar-refractivity contribution < 1.29 is 26.4 Å². The van der Waals surface area contributed by atoms with Crippen LogP contribution in [0.5, 0.6) is 5.75 Å². The molecular weight excluding hydrogens is 464 g/mol. The van der Waals surface area contributed by atoms with Crippen LogP contribution in [0.15, 0.2) is 53.4 Å². The van der Waals surface area contributed by atoms with Crippen LogP contribution in [0.4, 0.5) is 5.69 Å². The fourth-order valence-corrected chi connectivity index (χ4v) is 6.53.